The summed E-state index contributed by atoms with van der Waals surface area (Å²) in [6, 6.07) is 33.1. The van der Waals surface area contributed by atoms with Gasteiger partial charge in [0.15, 0.2) is 0 Å². The number of methoxy groups -OCH3 is 1. The summed E-state index contributed by atoms with van der Waals surface area (Å²) in [7, 11) is 1.60. The molecule has 2 amide bonds. The summed E-state index contributed by atoms with van der Waals surface area (Å²) in [5.41, 5.74) is 2.84. The Kier molecular flexibility index (Phi) is 7.68. The van der Waals surface area contributed by atoms with Crippen molar-refractivity contribution in [3.8, 4) is 11.4 Å². The minimum Gasteiger partial charge on any atom is -0.497 e. The van der Waals surface area contributed by atoms with Gasteiger partial charge in [-0.25, -0.2) is 9.78 Å². The van der Waals surface area contributed by atoms with Crippen molar-refractivity contribution < 1.29 is 9.53 Å². The highest BCUT2D eigenvalue weighted by Gasteiger charge is 2.27. The summed E-state index contributed by atoms with van der Waals surface area (Å²) in [6.07, 6.45) is 0.647. The van der Waals surface area contributed by atoms with Crippen molar-refractivity contribution in [2.75, 3.05) is 19.0 Å². The second-order valence-electron chi connectivity index (χ2n) is 9.23. The van der Waals surface area contributed by atoms with Crippen molar-refractivity contribution in [1.82, 2.24) is 14.5 Å². The van der Waals surface area contributed by atoms with Gasteiger partial charge in [0.2, 0.25) is 0 Å². The molecular formula is C32H30N4O3. The Morgan fingerprint density at radius 1 is 0.897 bits per heavy atom. The van der Waals surface area contributed by atoms with Gasteiger partial charge in [-0.2, -0.15) is 0 Å². The number of aromatic nitrogens is 2. The first-order valence-corrected chi connectivity index (χ1v) is 12.9. The average molecular weight is 519 g/mol. The molecule has 1 aromatic heterocycles. The highest BCUT2D eigenvalue weighted by Crippen LogP contribution is 2.25. The van der Waals surface area contributed by atoms with Gasteiger partial charge >= 0.3 is 6.03 Å². The third-order valence-corrected chi connectivity index (χ3v) is 6.74. The molecule has 0 saturated carbocycles. The minimum atomic E-state index is -0.531. The molecule has 7 nitrogen and oxygen atoms in total. The lowest BCUT2D eigenvalue weighted by molar-refractivity contribution is 0.190. The van der Waals surface area contributed by atoms with E-state index in [9.17, 15) is 9.59 Å². The molecule has 5 rings (SSSR count). The molecule has 0 bridgehead atoms. The maximum Gasteiger partial charge on any atom is 0.322 e. The normalized spacial score (nSPS) is 11.6. The number of fused-ring (bicyclic) bond motifs is 1. The zero-order valence-corrected chi connectivity index (χ0v) is 22.0. The Morgan fingerprint density at radius 3 is 2.23 bits per heavy atom. The van der Waals surface area contributed by atoms with E-state index in [4.69, 9.17) is 9.72 Å². The van der Waals surface area contributed by atoms with Gasteiger partial charge in [0, 0.05) is 12.2 Å². The van der Waals surface area contributed by atoms with Gasteiger partial charge in [0.25, 0.3) is 5.56 Å². The Morgan fingerprint density at radius 2 is 1.54 bits per heavy atom. The molecule has 39 heavy (non-hydrogen) atoms. The van der Waals surface area contributed by atoms with Crippen LogP contribution in [-0.2, 0) is 6.42 Å². The predicted molar refractivity (Wildman–Crippen MR) is 155 cm³/mol. The zero-order chi connectivity index (χ0) is 27.2. The number of benzene rings is 4. The van der Waals surface area contributed by atoms with Gasteiger partial charge in [0.05, 0.1) is 29.7 Å². The number of hydrogen-bond acceptors (Lipinski definition) is 4. The molecule has 4 aromatic carbocycles. The van der Waals surface area contributed by atoms with E-state index in [1.54, 1.807) is 34.8 Å². The largest absolute Gasteiger partial charge is 0.497 e. The van der Waals surface area contributed by atoms with Crippen LogP contribution in [0.2, 0.25) is 0 Å². The summed E-state index contributed by atoms with van der Waals surface area (Å²) < 4.78 is 6.91. The van der Waals surface area contributed by atoms with Crippen LogP contribution in [-0.4, -0.2) is 34.1 Å². The lowest BCUT2D eigenvalue weighted by Crippen LogP contribution is -2.41. The number of para-hydroxylation sites is 2. The summed E-state index contributed by atoms with van der Waals surface area (Å²) in [6.45, 7) is 2.33. The first-order valence-electron chi connectivity index (χ1n) is 12.9. The van der Waals surface area contributed by atoms with Crippen LogP contribution in [0.4, 0.5) is 10.5 Å². The van der Waals surface area contributed by atoms with Crippen LogP contribution in [0.5, 0.6) is 5.75 Å². The van der Waals surface area contributed by atoms with Gasteiger partial charge in [-0.15, -0.1) is 0 Å². The molecular weight excluding hydrogens is 488 g/mol. The number of carbonyl (C=O) groups excluding carboxylic acids is 1. The smallest absolute Gasteiger partial charge is 0.322 e. The van der Waals surface area contributed by atoms with Crippen LogP contribution in [0.1, 0.15) is 24.4 Å². The van der Waals surface area contributed by atoms with Gasteiger partial charge in [0.1, 0.15) is 11.6 Å². The highest BCUT2D eigenvalue weighted by atomic mass is 16.5. The maximum absolute atomic E-state index is 13.8. The number of ether oxygens (including phenoxy) is 1. The van der Waals surface area contributed by atoms with Gasteiger partial charge in [-0.05, 0) is 67.4 Å². The van der Waals surface area contributed by atoms with Crippen LogP contribution in [0.25, 0.3) is 16.6 Å². The number of nitrogens with one attached hydrogen (secondary N) is 1. The first-order chi connectivity index (χ1) is 19.0. The Labute approximate surface area is 227 Å². The summed E-state index contributed by atoms with van der Waals surface area (Å²) in [5, 5.41) is 3.52. The highest BCUT2D eigenvalue weighted by molar-refractivity contribution is 5.89. The standard InChI is InChI=1S/C32H30N4O3/c1-23(35(22-21-24-11-5-3-6-12-24)32(38)33-25-13-7-4-8-14-25)30-34-29-16-10-9-15-28(29)31(37)36(30)26-17-19-27(39-2)20-18-26/h3-20,23H,21-22H2,1-2H3,(H,33,38). The lowest BCUT2D eigenvalue weighted by atomic mass is 10.1. The molecule has 0 spiro atoms. The number of amides is 2. The van der Waals surface area contributed by atoms with Crippen molar-refractivity contribution in [2.24, 2.45) is 0 Å². The van der Waals surface area contributed by atoms with Crippen LogP contribution < -0.4 is 15.6 Å². The third kappa shape index (κ3) is 5.67. The van der Waals surface area contributed by atoms with E-state index < -0.39 is 6.04 Å². The quantitative estimate of drug-likeness (QED) is 0.264. The molecule has 0 aliphatic rings. The van der Waals surface area contributed by atoms with E-state index >= 15 is 0 Å². The van der Waals surface area contributed by atoms with Crippen molar-refractivity contribution in [1.29, 1.82) is 0 Å². The van der Waals surface area contributed by atoms with E-state index in [-0.39, 0.29) is 11.6 Å². The second-order valence-corrected chi connectivity index (χ2v) is 9.23. The summed E-state index contributed by atoms with van der Waals surface area (Å²) >= 11 is 0. The number of rotatable bonds is 8. The van der Waals surface area contributed by atoms with Crippen molar-refractivity contribution in [3.05, 3.63) is 131 Å². The molecule has 7 heteroatoms. The van der Waals surface area contributed by atoms with E-state index in [0.29, 0.717) is 46.8 Å². The van der Waals surface area contributed by atoms with Crippen LogP contribution >= 0.6 is 0 Å². The number of hydrogen-bond donors (Lipinski definition) is 1. The van der Waals surface area contributed by atoms with Crippen LogP contribution in [0, 0.1) is 0 Å². The number of anilines is 1. The summed E-state index contributed by atoms with van der Waals surface area (Å²) in [5.74, 6) is 1.15. The molecule has 0 aliphatic heterocycles. The van der Waals surface area contributed by atoms with E-state index in [2.05, 4.69) is 5.32 Å². The molecule has 0 fully saturated rings. The van der Waals surface area contributed by atoms with Gasteiger partial charge < -0.3 is 15.0 Å². The van der Waals surface area contributed by atoms with Crippen molar-refractivity contribution in [3.63, 3.8) is 0 Å². The summed E-state index contributed by atoms with van der Waals surface area (Å²) in [4.78, 5) is 34.2. The topological polar surface area (TPSA) is 76.5 Å². The molecule has 1 atom stereocenters. The molecule has 0 saturated heterocycles. The molecule has 1 unspecified atom stereocenters. The molecule has 1 N–H and O–H groups in total. The number of urea groups is 1. The zero-order valence-electron chi connectivity index (χ0n) is 22.0. The molecule has 0 aliphatic carbocycles. The monoisotopic (exact) mass is 518 g/mol. The van der Waals surface area contributed by atoms with E-state index in [1.165, 1.54) is 0 Å². The minimum absolute atomic E-state index is 0.195. The maximum atomic E-state index is 13.8. The van der Waals surface area contributed by atoms with Crippen LogP contribution in [0.15, 0.2) is 114 Å². The molecule has 0 radical (unpaired) electrons. The lowest BCUT2D eigenvalue weighted by Gasteiger charge is -2.31. The first kappa shape index (κ1) is 25.7. The number of nitrogens with zero attached hydrogens (tertiary/aromatic N) is 3. The fourth-order valence-electron chi connectivity index (χ4n) is 4.63. The Hall–Kier alpha value is -4.91. The number of carbonyl (C=O) groups is 1. The predicted octanol–water partition coefficient (Wildman–Crippen LogP) is 6.23. The SMILES string of the molecule is COc1ccc(-n2c(C(C)N(CCc3ccccc3)C(=O)Nc3ccccc3)nc3ccccc3c2=O)cc1. The van der Waals surface area contributed by atoms with E-state index in [1.807, 2.05) is 97.9 Å². The third-order valence-electron chi connectivity index (χ3n) is 6.74. The Bertz CT molecular complexity index is 1620. The fraction of sp³-hybridized carbons (Fsp3) is 0.156. The van der Waals surface area contributed by atoms with Gasteiger partial charge in [-0.1, -0.05) is 60.7 Å². The fourth-order valence-corrected chi connectivity index (χ4v) is 4.63. The second kappa shape index (κ2) is 11.6. The van der Waals surface area contributed by atoms with Crippen LogP contribution in [0.3, 0.4) is 0 Å². The molecule has 1 heterocycles. The molecule has 196 valence electrons. The van der Waals surface area contributed by atoms with Crippen molar-refractivity contribution in [2.45, 2.75) is 19.4 Å². The Balaban J connectivity index is 1.60. The van der Waals surface area contributed by atoms with E-state index in [0.717, 1.165) is 5.56 Å². The van der Waals surface area contributed by atoms with Gasteiger partial charge in [-0.3, -0.25) is 9.36 Å². The van der Waals surface area contributed by atoms with Crippen molar-refractivity contribution >= 4 is 22.6 Å². The molecule has 5 aromatic rings. The average Bonchev–Trinajstić information content (AvgIpc) is 2.98.